The Kier molecular flexibility index (Phi) is 5.11. The van der Waals surface area contributed by atoms with E-state index in [-0.39, 0.29) is 23.8 Å². The molecule has 0 aliphatic carbocycles. The summed E-state index contributed by atoms with van der Waals surface area (Å²) in [5.74, 6) is 0.856. The smallest absolute Gasteiger partial charge is 0.246 e. The SMILES string of the molecule is Cc1nc(NCc2cnn(C(C)c3ccc(F)cc3)c2)nc2c1NC(=O)[C@H](C)N2C. The molecule has 1 aliphatic rings. The van der Waals surface area contributed by atoms with Crippen molar-refractivity contribution in [2.24, 2.45) is 0 Å². The van der Waals surface area contributed by atoms with Crippen molar-refractivity contribution in [1.82, 2.24) is 19.7 Å². The summed E-state index contributed by atoms with van der Waals surface area (Å²) < 4.78 is 15.0. The minimum Gasteiger partial charge on any atom is -0.350 e. The van der Waals surface area contributed by atoms with Crippen LogP contribution >= 0.6 is 0 Å². The number of likely N-dealkylation sites (N-methyl/N-ethyl adjacent to an activating group) is 1. The standard InChI is InChI=1S/C21H24FN7O/c1-12-18-19(28(4)14(3)20(30)26-18)27-21(25-12)23-9-15-10-24-29(11-15)13(2)16-5-7-17(22)8-6-16/h5-8,10-11,13-14H,9H2,1-4H3,(H,26,30)(H,23,25,27)/t13?,14-/m0/s1. The average Bonchev–Trinajstić information content (AvgIpc) is 3.21. The predicted molar refractivity (Wildman–Crippen MR) is 113 cm³/mol. The van der Waals surface area contributed by atoms with Gasteiger partial charge in [0, 0.05) is 25.4 Å². The highest BCUT2D eigenvalue weighted by Gasteiger charge is 2.30. The first-order chi connectivity index (χ1) is 14.3. The highest BCUT2D eigenvalue weighted by Crippen LogP contribution is 2.32. The number of aromatic nitrogens is 4. The molecule has 1 aromatic carbocycles. The van der Waals surface area contributed by atoms with Gasteiger partial charge in [-0.25, -0.2) is 9.37 Å². The normalized spacial score (nSPS) is 16.8. The number of aryl methyl sites for hydroxylation is 1. The first-order valence-electron chi connectivity index (χ1n) is 9.78. The molecule has 1 aliphatic heterocycles. The van der Waals surface area contributed by atoms with Gasteiger partial charge in [0.1, 0.15) is 17.5 Å². The van der Waals surface area contributed by atoms with Crippen LogP contribution in [0.4, 0.5) is 21.8 Å². The monoisotopic (exact) mass is 409 g/mol. The van der Waals surface area contributed by atoms with Crippen LogP contribution in [-0.2, 0) is 11.3 Å². The van der Waals surface area contributed by atoms with E-state index in [0.29, 0.717) is 29.7 Å². The van der Waals surface area contributed by atoms with Gasteiger partial charge in [-0.2, -0.15) is 10.1 Å². The van der Waals surface area contributed by atoms with E-state index in [4.69, 9.17) is 0 Å². The number of hydrogen-bond donors (Lipinski definition) is 2. The molecule has 3 heterocycles. The van der Waals surface area contributed by atoms with E-state index in [2.05, 4.69) is 25.7 Å². The maximum absolute atomic E-state index is 13.2. The van der Waals surface area contributed by atoms with Gasteiger partial charge in [0.05, 0.1) is 17.9 Å². The van der Waals surface area contributed by atoms with Gasteiger partial charge in [0.2, 0.25) is 11.9 Å². The summed E-state index contributed by atoms with van der Waals surface area (Å²) in [4.78, 5) is 22.9. The molecule has 2 N–H and O–H groups in total. The maximum Gasteiger partial charge on any atom is 0.246 e. The third-order valence-electron chi connectivity index (χ3n) is 5.47. The molecule has 8 nitrogen and oxygen atoms in total. The Morgan fingerprint density at radius 2 is 2.00 bits per heavy atom. The number of nitrogens with one attached hydrogen (secondary N) is 2. The molecule has 30 heavy (non-hydrogen) atoms. The Morgan fingerprint density at radius 1 is 1.27 bits per heavy atom. The van der Waals surface area contributed by atoms with Crippen LogP contribution in [0, 0.1) is 12.7 Å². The van der Waals surface area contributed by atoms with Gasteiger partial charge in [-0.1, -0.05) is 12.1 Å². The molecule has 0 saturated carbocycles. The van der Waals surface area contributed by atoms with Crippen LogP contribution in [0.15, 0.2) is 36.7 Å². The number of fused-ring (bicyclic) bond motifs is 1. The number of halogens is 1. The lowest BCUT2D eigenvalue weighted by molar-refractivity contribution is -0.117. The molecule has 2 aromatic heterocycles. The topological polar surface area (TPSA) is 88.0 Å². The van der Waals surface area contributed by atoms with Gasteiger partial charge < -0.3 is 15.5 Å². The molecule has 0 bridgehead atoms. The zero-order valence-corrected chi connectivity index (χ0v) is 17.3. The fourth-order valence-electron chi connectivity index (χ4n) is 3.38. The first-order valence-corrected chi connectivity index (χ1v) is 9.78. The van der Waals surface area contributed by atoms with Crippen LogP contribution in [0.2, 0.25) is 0 Å². The molecule has 1 unspecified atom stereocenters. The molecule has 0 radical (unpaired) electrons. The van der Waals surface area contributed by atoms with E-state index < -0.39 is 0 Å². The first kappa shape index (κ1) is 19.8. The second-order valence-electron chi connectivity index (χ2n) is 7.52. The van der Waals surface area contributed by atoms with E-state index in [1.54, 1.807) is 18.3 Å². The predicted octanol–water partition coefficient (Wildman–Crippen LogP) is 3.12. The second-order valence-corrected chi connectivity index (χ2v) is 7.52. The number of carbonyl (C=O) groups excluding carboxylic acids is 1. The van der Waals surface area contributed by atoms with Crippen molar-refractivity contribution < 1.29 is 9.18 Å². The lowest BCUT2D eigenvalue weighted by Crippen LogP contribution is -2.44. The van der Waals surface area contributed by atoms with Crippen LogP contribution in [0.1, 0.15) is 36.7 Å². The van der Waals surface area contributed by atoms with Crippen LogP contribution in [0.5, 0.6) is 0 Å². The van der Waals surface area contributed by atoms with E-state index in [1.807, 2.05) is 43.6 Å². The van der Waals surface area contributed by atoms with E-state index in [0.717, 1.165) is 11.1 Å². The molecule has 1 amide bonds. The quantitative estimate of drug-likeness (QED) is 0.673. The molecular formula is C21H24FN7O. The van der Waals surface area contributed by atoms with Crippen molar-refractivity contribution >= 4 is 23.4 Å². The van der Waals surface area contributed by atoms with Gasteiger partial charge in [0.15, 0.2) is 5.82 Å². The Labute approximate surface area is 174 Å². The third kappa shape index (κ3) is 3.70. The number of benzene rings is 1. The van der Waals surface area contributed by atoms with Gasteiger partial charge >= 0.3 is 0 Å². The minimum absolute atomic E-state index is 0.0136. The third-order valence-corrected chi connectivity index (χ3v) is 5.47. The van der Waals surface area contributed by atoms with Crippen LogP contribution in [0.25, 0.3) is 0 Å². The summed E-state index contributed by atoms with van der Waals surface area (Å²) in [6, 6.07) is 6.12. The average molecular weight is 409 g/mol. The van der Waals surface area contributed by atoms with Crippen molar-refractivity contribution in [3.63, 3.8) is 0 Å². The van der Waals surface area contributed by atoms with Crippen LogP contribution in [-0.4, -0.2) is 38.7 Å². The van der Waals surface area contributed by atoms with Crippen molar-refractivity contribution in [3.05, 3.63) is 59.3 Å². The van der Waals surface area contributed by atoms with Crippen LogP contribution < -0.4 is 15.5 Å². The number of hydrogen-bond acceptors (Lipinski definition) is 6. The van der Waals surface area contributed by atoms with Crippen molar-refractivity contribution in [3.8, 4) is 0 Å². The number of amides is 1. The highest BCUT2D eigenvalue weighted by atomic mass is 19.1. The zero-order chi connectivity index (χ0) is 21.4. The lowest BCUT2D eigenvalue weighted by atomic mass is 10.1. The Morgan fingerprint density at radius 3 is 2.73 bits per heavy atom. The van der Waals surface area contributed by atoms with Crippen molar-refractivity contribution in [2.75, 3.05) is 22.6 Å². The number of nitrogens with zero attached hydrogens (tertiary/aromatic N) is 5. The summed E-state index contributed by atoms with van der Waals surface area (Å²) in [6.45, 7) is 6.19. The van der Waals surface area contributed by atoms with Crippen molar-refractivity contribution in [2.45, 2.75) is 39.4 Å². The molecule has 0 fully saturated rings. The molecule has 2 atom stereocenters. The van der Waals surface area contributed by atoms with Crippen LogP contribution in [0.3, 0.4) is 0 Å². The Bertz CT molecular complexity index is 1080. The number of rotatable bonds is 5. The minimum atomic E-state index is -0.300. The Hall–Kier alpha value is -3.49. The van der Waals surface area contributed by atoms with Gasteiger partial charge in [-0.05, 0) is 38.5 Å². The number of anilines is 3. The molecule has 9 heteroatoms. The summed E-state index contributed by atoms with van der Waals surface area (Å²) in [6.07, 6.45) is 3.73. The summed E-state index contributed by atoms with van der Waals surface area (Å²) in [5.41, 5.74) is 3.30. The number of carbonyl (C=O) groups is 1. The van der Waals surface area contributed by atoms with Gasteiger partial charge in [-0.3, -0.25) is 9.48 Å². The largest absolute Gasteiger partial charge is 0.350 e. The molecule has 0 saturated heterocycles. The van der Waals surface area contributed by atoms with Gasteiger partial charge in [-0.15, -0.1) is 0 Å². The molecule has 3 aromatic rings. The van der Waals surface area contributed by atoms with E-state index >= 15 is 0 Å². The fraction of sp³-hybridized carbons (Fsp3) is 0.333. The lowest BCUT2D eigenvalue weighted by Gasteiger charge is -2.32. The summed E-state index contributed by atoms with van der Waals surface area (Å²) >= 11 is 0. The van der Waals surface area contributed by atoms with E-state index in [9.17, 15) is 9.18 Å². The van der Waals surface area contributed by atoms with Crippen molar-refractivity contribution in [1.29, 1.82) is 0 Å². The molecule has 4 rings (SSSR count). The second kappa shape index (κ2) is 7.74. The molecular weight excluding hydrogens is 385 g/mol. The van der Waals surface area contributed by atoms with E-state index in [1.165, 1.54) is 12.1 Å². The van der Waals surface area contributed by atoms with Gasteiger partial charge in [0.25, 0.3) is 0 Å². The highest BCUT2D eigenvalue weighted by molar-refractivity contribution is 6.03. The summed E-state index contributed by atoms with van der Waals surface area (Å²) in [7, 11) is 1.85. The zero-order valence-electron chi connectivity index (χ0n) is 17.3. The maximum atomic E-state index is 13.2. The Balaban J connectivity index is 1.48. The molecule has 156 valence electrons. The fourth-order valence-corrected chi connectivity index (χ4v) is 3.38. The summed E-state index contributed by atoms with van der Waals surface area (Å²) in [5, 5.41) is 10.5. The molecule has 0 spiro atoms.